The molecule has 0 atom stereocenters. The van der Waals surface area contributed by atoms with Gasteiger partial charge >= 0.3 is 0 Å². The van der Waals surface area contributed by atoms with Crippen molar-refractivity contribution in [2.24, 2.45) is 0 Å². The van der Waals surface area contributed by atoms with Gasteiger partial charge in [0.1, 0.15) is 5.69 Å². The highest BCUT2D eigenvalue weighted by atomic mass is 35.5. The van der Waals surface area contributed by atoms with Gasteiger partial charge in [-0.2, -0.15) is 4.31 Å². The van der Waals surface area contributed by atoms with E-state index in [1.54, 1.807) is 10.4 Å². The zero-order chi connectivity index (χ0) is 24.6. The van der Waals surface area contributed by atoms with Gasteiger partial charge in [0.15, 0.2) is 5.82 Å². The number of nitrogens with one attached hydrogen (secondary N) is 1. The maximum Gasteiger partial charge on any atom is 0.243 e. The van der Waals surface area contributed by atoms with Crippen LogP contribution in [-0.2, 0) is 10.0 Å². The molecule has 0 radical (unpaired) electrons. The highest BCUT2D eigenvalue weighted by Crippen LogP contribution is 2.33. The first-order valence-electron chi connectivity index (χ1n) is 11.4. The van der Waals surface area contributed by atoms with Crippen LogP contribution in [0.25, 0.3) is 22.0 Å². The van der Waals surface area contributed by atoms with Crippen molar-refractivity contribution in [3.8, 4) is 11.3 Å². The first-order chi connectivity index (χ1) is 16.8. The van der Waals surface area contributed by atoms with E-state index in [9.17, 15) is 8.42 Å². The van der Waals surface area contributed by atoms with E-state index >= 15 is 0 Å². The molecular weight excluding hydrogens is 482 g/mol. The zero-order valence-corrected chi connectivity index (χ0v) is 21.1. The van der Waals surface area contributed by atoms with Crippen LogP contribution in [0, 0.1) is 6.92 Å². The molecule has 0 aliphatic carbocycles. The molecule has 5 rings (SSSR count). The van der Waals surface area contributed by atoms with Crippen molar-refractivity contribution in [3.05, 3.63) is 77.3 Å². The van der Waals surface area contributed by atoms with E-state index < -0.39 is 10.0 Å². The number of fused-ring (bicyclic) bond motifs is 1. The second-order valence-electron chi connectivity index (χ2n) is 8.76. The molecule has 2 heterocycles. The third kappa shape index (κ3) is 4.75. The van der Waals surface area contributed by atoms with E-state index in [1.807, 2.05) is 74.6 Å². The van der Waals surface area contributed by atoms with E-state index in [0.717, 1.165) is 29.5 Å². The second-order valence-corrected chi connectivity index (χ2v) is 11.1. The smallest absolute Gasteiger partial charge is 0.243 e. The Morgan fingerprint density at radius 1 is 0.886 bits per heavy atom. The lowest BCUT2D eigenvalue weighted by molar-refractivity contribution is 0.222. The van der Waals surface area contributed by atoms with Gasteiger partial charge in [0, 0.05) is 53.2 Å². The van der Waals surface area contributed by atoms with Crippen LogP contribution in [0.15, 0.2) is 71.6 Å². The predicted molar refractivity (Wildman–Crippen MR) is 141 cm³/mol. The fourth-order valence-corrected chi connectivity index (χ4v) is 6.07. The number of aryl methyl sites for hydroxylation is 1. The Morgan fingerprint density at radius 3 is 2.29 bits per heavy atom. The SMILES string of the molecule is Cc1ccc(-c2nnc(Nc3ccc(Cl)cc3)c3ccccc23)cc1S(=O)(=O)N1CCN(C)CC1. The molecule has 1 aliphatic heterocycles. The summed E-state index contributed by atoms with van der Waals surface area (Å²) in [5.74, 6) is 0.615. The molecule has 1 aliphatic rings. The molecule has 3 aromatic carbocycles. The van der Waals surface area contributed by atoms with Gasteiger partial charge in [-0.1, -0.05) is 48.0 Å². The van der Waals surface area contributed by atoms with Crippen LogP contribution in [-0.4, -0.2) is 61.0 Å². The molecule has 1 aromatic heterocycles. The molecular formula is C26H26ClN5O2S. The Labute approximate surface area is 210 Å². The van der Waals surface area contributed by atoms with E-state index in [-0.39, 0.29) is 0 Å². The lowest BCUT2D eigenvalue weighted by atomic mass is 10.0. The molecule has 1 fully saturated rings. The maximum atomic E-state index is 13.5. The van der Waals surface area contributed by atoms with Crippen molar-refractivity contribution in [2.45, 2.75) is 11.8 Å². The Bertz CT molecular complexity index is 1480. The average Bonchev–Trinajstić information content (AvgIpc) is 2.86. The number of benzene rings is 3. The van der Waals surface area contributed by atoms with Gasteiger partial charge in [0.05, 0.1) is 4.90 Å². The first-order valence-corrected chi connectivity index (χ1v) is 13.2. The van der Waals surface area contributed by atoms with Crippen molar-refractivity contribution in [1.82, 2.24) is 19.4 Å². The summed E-state index contributed by atoms with van der Waals surface area (Å²) in [5.41, 5.74) is 2.91. The Morgan fingerprint density at radius 2 is 1.57 bits per heavy atom. The number of aromatic nitrogens is 2. The van der Waals surface area contributed by atoms with Crippen LogP contribution in [0.2, 0.25) is 5.02 Å². The average molecular weight is 508 g/mol. The van der Waals surface area contributed by atoms with Gasteiger partial charge in [0.25, 0.3) is 0 Å². The largest absolute Gasteiger partial charge is 0.338 e. The number of likely N-dealkylation sites (N-methyl/N-ethyl adjacent to an activating group) is 1. The quantitative estimate of drug-likeness (QED) is 0.412. The Kier molecular flexibility index (Phi) is 6.46. The van der Waals surface area contributed by atoms with Gasteiger partial charge in [0.2, 0.25) is 10.0 Å². The molecule has 1 saturated heterocycles. The Balaban J connectivity index is 1.55. The van der Waals surface area contributed by atoms with Crippen molar-refractivity contribution in [2.75, 3.05) is 38.5 Å². The highest BCUT2D eigenvalue weighted by molar-refractivity contribution is 7.89. The van der Waals surface area contributed by atoms with Crippen LogP contribution in [0.1, 0.15) is 5.56 Å². The molecule has 0 saturated carbocycles. The minimum absolute atomic E-state index is 0.314. The summed E-state index contributed by atoms with van der Waals surface area (Å²) in [6.07, 6.45) is 0. The third-order valence-electron chi connectivity index (χ3n) is 6.34. The van der Waals surface area contributed by atoms with Crippen LogP contribution in [0.5, 0.6) is 0 Å². The molecule has 0 amide bonds. The van der Waals surface area contributed by atoms with Crippen molar-refractivity contribution < 1.29 is 8.42 Å². The number of sulfonamides is 1. The summed E-state index contributed by atoms with van der Waals surface area (Å²) < 4.78 is 28.6. The fraction of sp³-hybridized carbons (Fsp3) is 0.231. The number of nitrogens with zero attached hydrogens (tertiary/aromatic N) is 4. The summed E-state index contributed by atoms with van der Waals surface area (Å²) >= 11 is 6.01. The summed E-state index contributed by atoms with van der Waals surface area (Å²) in [6.45, 7) is 4.23. The summed E-state index contributed by atoms with van der Waals surface area (Å²) in [7, 11) is -1.61. The Hall–Kier alpha value is -3.04. The van der Waals surface area contributed by atoms with Crippen LogP contribution in [0.4, 0.5) is 11.5 Å². The first kappa shape index (κ1) is 23.7. The number of anilines is 2. The topological polar surface area (TPSA) is 78.4 Å². The maximum absolute atomic E-state index is 13.5. The lowest BCUT2D eigenvalue weighted by Gasteiger charge is -2.32. The van der Waals surface area contributed by atoms with E-state index in [4.69, 9.17) is 11.6 Å². The molecule has 0 spiro atoms. The van der Waals surface area contributed by atoms with E-state index in [0.29, 0.717) is 45.6 Å². The van der Waals surface area contributed by atoms with Crippen molar-refractivity contribution in [3.63, 3.8) is 0 Å². The van der Waals surface area contributed by atoms with Crippen molar-refractivity contribution in [1.29, 1.82) is 0 Å². The molecule has 0 bridgehead atoms. The van der Waals surface area contributed by atoms with Crippen molar-refractivity contribution >= 4 is 43.9 Å². The zero-order valence-electron chi connectivity index (χ0n) is 19.6. The van der Waals surface area contributed by atoms with Gasteiger partial charge in [-0.25, -0.2) is 8.42 Å². The molecule has 7 nitrogen and oxygen atoms in total. The molecule has 0 unspecified atom stereocenters. The summed E-state index contributed by atoms with van der Waals surface area (Å²) in [4.78, 5) is 2.45. The van der Waals surface area contributed by atoms with E-state index in [1.165, 1.54) is 0 Å². The molecule has 180 valence electrons. The van der Waals surface area contributed by atoms with Crippen LogP contribution < -0.4 is 5.32 Å². The standard InChI is InChI=1S/C26H26ClN5O2S/c1-18-7-8-19(17-24(18)35(33,34)32-15-13-31(2)14-16-32)25-22-5-3-4-6-23(22)26(30-29-25)28-21-11-9-20(27)10-12-21/h3-12,17H,13-16H2,1-2H3,(H,28,30). The number of piperazine rings is 1. The van der Waals surface area contributed by atoms with Gasteiger partial charge in [-0.05, 0) is 49.9 Å². The van der Waals surface area contributed by atoms with Crippen LogP contribution in [0.3, 0.4) is 0 Å². The fourth-order valence-electron chi connectivity index (χ4n) is 4.27. The minimum atomic E-state index is -3.62. The predicted octanol–water partition coefficient (Wildman–Crippen LogP) is 4.94. The molecule has 4 aromatic rings. The van der Waals surface area contributed by atoms with Gasteiger partial charge < -0.3 is 10.2 Å². The summed E-state index contributed by atoms with van der Waals surface area (Å²) in [5, 5.41) is 14.7. The molecule has 35 heavy (non-hydrogen) atoms. The monoisotopic (exact) mass is 507 g/mol. The van der Waals surface area contributed by atoms with Gasteiger partial charge in [-0.3, -0.25) is 0 Å². The lowest BCUT2D eigenvalue weighted by Crippen LogP contribution is -2.47. The minimum Gasteiger partial charge on any atom is -0.338 e. The molecule has 1 N–H and O–H groups in total. The number of rotatable bonds is 5. The normalized spacial score (nSPS) is 15.4. The van der Waals surface area contributed by atoms with Crippen LogP contribution >= 0.6 is 11.6 Å². The third-order valence-corrected chi connectivity index (χ3v) is 8.63. The highest BCUT2D eigenvalue weighted by Gasteiger charge is 2.29. The van der Waals surface area contributed by atoms with Gasteiger partial charge in [-0.15, -0.1) is 10.2 Å². The number of hydrogen-bond donors (Lipinski definition) is 1. The second kappa shape index (κ2) is 9.54. The number of hydrogen-bond acceptors (Lipinski definition) is 6. The number of halogens is 1. The molecule has 9 heteroatoms. The summed E-state index contributed by atoms with van der Waals surface area (Å²) in [6, 6.07) is 20.7. The van der Waals surface area contributed by atoms with E-state index in [2.05, 4.69) is 20.4 Å².